The number of likely N-dealkylation sites (tertiary alicyclic amines) is 1. The van der Waals surface area contributed by atoms with Crippen LogP contribution < -0.4 is 5.32 Å². The molecule has 1 aromatic heterocycles. The average Bonchev–Trinajstić information content (AvgIpc) is 3.18. The van der Waals surface area contributed by atoms with Gasteiger partial charge in [-0.3, -0.25) is 0 Å². The highest BCUT2D eigenvalue weighted by atomic mass is 32.1. The number of rotatable bonds is 3. The highest BCUT2D eigenvalue weighted by Crippen LogP contribution is 2.45. The maximum Gasteiger partial charge on any atom is 0.194 e. The van der Waals surface area contributed by atoms with Crippen LogP contribution in [0.15, 0.2) is 22.5 Å². The highest BCUT2D eigenvalue weighted by molar-refractivity contribution is 7.09. The molecule has 3 rings (SSSR count). The summed E-state index contributed by atoms with van der Waals surface area (Å²) in [6, 6.07) is 4.27. The molecule has 2 fully saturated rings. The summed E-state index contributed by atoms with van der Waals surface area (Å²) in [5.74, 6) is 1.12. The number of guanidine groups is 1. The zero-order valence-electron chi connectivity index (χ0n) is 12.4. The Morgan fingerprint density at radius 1 is 1.40 bits per heavy atom. The molecule has 1 saturated heterocycles. The molecule has 0 amide bonds. The number of thiophene rings is 1. The summed E-state index contributed by atoms with van der Waals surface area (Å²) < 4.78 is 0. The number of nitrogens with zero attached hydrogens (tertiary/aromatic N) is 2. The van der Waals surface area contributed by atoms with Crippen LogP contribution in [0.25, 0.3) is 0 Å². The second-order valence-electron chi connectivity index (χ2n) is 6.13. The maximum absolute atomic E-state index is 4.83. The van der Waals surface area contributed by atoms with Crippen molar-refractivity contribution >= 4 is 17.3 Å². The van der Waals surface area contributed by atoms with Gasteiger partial charge >= 0.3 is 0 Å². The SMILES string of the molecule is CCNC(=NCc1cccs1)N1CCC2(CCCC2)C1. The van der Waals surface area contributed by atoms with Gasteiger partial charge in [0.05, 0.1) is 6.54 Å². The van der Waals surface area contributed by atoms with Crippen molar-refractivity contribution in [2.45, 2.75) is 45.6 Å². The Labute approximate surface area is 126 Å². The molecule has 2 heterocycles. The molecule has 110 valence electrons. The molecule has 1 aliphatic carbocycles. The summed E-state index contributed by atoms with van der Waals surface area (Å²) in [5, 5.41) is 5.60. The predicted molar refractivity (Wildman–Crippen MR) is 86.2 cm³/mol. The van der Waals surface area contributed by atoms with E-state index in [4.69, 9.17) is 4.99 Å². The fourth-order valence-corrected chi connectivity index (χ4v) is 4.26. The summed E-state index contributed by atoms with van der Waals surface area (Å²) in [6.07, 6.45) is 7.06. The fraction of sp³-hybridized carbons (Fsp3) is 0.688. The zero-order chi connectivity index (χ0) is 13.8. The van der Waals surface area contributed by atoms with E-state index in [-0.39, 0.29) is 0 Å². The van der Waals surface area contributed by atoms with Gasteiger partial charge in [0, 0.05) is 24.5 Å². The van der Waals surface area contributed by atoms with E-state index in [1.165, 1.54) is 50.1 Å². The monoisotopic (exact) mass is 291 g/mol. The van der Waals surface area contributed by atoms with E-state index < -0.39 is 0 Å². The topological polar surface area (TPSA) is 27.6 Å². The van der Waals surface area contributed by atoms with Gasteiger partial charge in [-0.2, -0.15) is 0 Å². The Balaban J connectivity index is 1.66. The zero-order valence-corrected chi connectivity index (χ0v) is 13.2. The van der Waals surface area contributed by atoms with E-state index in [0.717, 1.165) is 19.0 Å². The molecule has 1 N–H and O–H groups in total. The van der Waals surface area contributed by atoms with Gasteiger partial charge in [0.2, 0.25) is 0 Å². The summed E-state index contributed by atoms with van der Waals surface area (Å²) in [5.41, 5.74) is 0.610. The number of hydrogen-bond donors (Lipinski definition) is 1. The lowest BCUT2D eigenvalue weighted by Gasteiger charge is -2.25. The van der Waals surface area contributed by atoms with Gasteiger partial charge < -0.3 is 10.2 Å². The molecular weight excluding hydrogens is 266 g/mol. The van der Waals surface area contributed by atoms with Crippen molar-refractivity contribution in [1.29, 1.82) is 0 Å². The molecule has 1 aromatic rings. The molecule has 0 unspecified atom stereocenters. The molecule has 2 aliphatic rings. The first-order valence-corrected chi connectivity index (χ1v) is 8.75. The van der Waals surface area contributed by atoms with Crippen LogP contribution in [-0.2, 0) is 6.54 Å². The average molecular weight is 291 g/mol. The van der Waals surface area contributed by atoms with Gasteiger partial charge in [0.25, 0.3) is 0 Å². The summed E-state index contributed by atoms with van der Waals surface area (Å²) in [7, 11) is 0. The summed E-state index contributed by atoms with van der Waals surface area (Å²) in [6.45, 7) is 6.30. The fourth-order valence-electron chi connectivity index (χ4n) is 3.63. The van der Waals surface area contributed by atoms with Crippen molar-refractivity contribution in [1.82, 2.24) is 10.2 Å². The van der Waals surface area contributed by atoms with Crippen LogP contribution in [0.1, 0.15) is 43.9 Å². The van der Waals surface area contributed by atoms with Crippen molar-refractivity contribution in [3.05, 3.63) is 22.4 Å². The first kappa shape index (κ1) is 13.9. The third-order valence-electron chi connectivity index (χ3n) is 4.70. The van der Waals surface area contributed by atoms with Gasteiger partial charge in [-0.15, -0.1) is 11.3 Å². The molecule has 1 aliphatic heterocycles. The van der Waals surface area contributed by atoms with Gasteiger partial charge in [0.15, 0.2) is 5.96 Å². The van der Waals surface area contributed by atoms with Crippen molar-refractivity contribution in [3.63, 3.8) is 0 Å². The van der Waals surface area contributed by atoms with Gasteiger partial charge in [-0.1, -0.05) is 18.9 Å². The van der Waals surface area contributed by atoms with E-state index in [2.05, 4.69) is 34.7 Å². The Morgan fingerprint density at radius 3 is 2.95 bits per heavy atom. The van der Waals surface area contributed by atoms with Gasteiger partial charge in [0.1, 0.15) is 0 Å². The van der Waals surface area contributed by atoms with Crippen LogP contribution in [0.5, 0.6) is 0 Å². The minimum atomic E-state index is 0.610. The lowest BCUT2D eigenvalue weighted by molar-refractivity contribution is 0.309. The summed E-state index contributed by atoms with van der Waals surface area (Å²) in [4.78, 5) is 8.67. The standard InChI is InChI=1S/C16H25N3S/c1-2-17-15(18-12-14-6-5-11-20-14)19-10-9-16(13-19)7-3-4-8-16/h5-6,11H,2-4,7-10,12-13H2,1H3,(H,17,18). The number of hydrogen-bond acceptors (Lipinski definition) is 2. The minimum absolute atomic E-state index is 0.610. The molecular formula is C16H25N3S. The van der Waals surface area contributed by atoms with Crippen LogP contribution in [0.4, 0.5) is 0 Å². The molecule has 4 heteroatoms. The van der Waals surface area contributed by atoms with E-state index in [0.29, 0.717) is 5.41 Å². The van der Waals surface area contributed by atoms with Crippen molar-refractivity contribution < 1.29 is 0 Å². The van der Waals surface area contributed by atoms with Crippen LogP contribution in [0.3, 0.4) is 0 Å². The first-order valence-electron chi connectivity index (χ1n) is 7.87. The smallest absolute Gasteiger partial charge is 0.194 e. The van der Waals surface area contributed by atoms with Crippen molar-refractivity contribution in [2.24, 2.45) is 10.4 Å². The maximum atomic E-state index is 4.83. The summed E-state index contributed by atoms with van der Waals surface area (Å²) >= 11 is 1.79. The third kappa shape index (κ3) is 3.00. The van der Waals surface area contributed by atoms with Crippen LogP contribution in [0.2, 0.25) is 0 Å². The van der Waals surface area contributed by atoms with Gasteiger partial charge in [-0.25, -0.2) is 4.99 Å². The quantitative estimate of drug-likeness (QED) is 0.682. The first-order chi connectivity index (χ1) is 9.81. The largest absolute Gasteiger partial charge is 0.357 e. The third-order valence-corrected chi connectivity index (χ3v) is 5.56. The molecule has 0 atom stereocenters. The van der Waals surface area contributed by atoms with Crippen molar-refractivity contribution in [2.75, 3.05) is 19.6 Å². The van der Waals surface area contributed by atoms with E-state index in [1.54, 1.807) is 11.3 Å². The van der Waals surface area contributed by atoms with E-state index in [9.17, 15) is 0 Å². The lowest BCUT2D eigenvalue weighted by Crippen LogP contribution is -2.41. The second kappa shape index (κ2) is 6.17. The van der Waals surface area contributed by atoms with Crippen LogP contribution >= 0.6 is 11.3 Å². The predicted octanol–water partition coefficient (Wildman–Crippen LogP) is 3.48. The van der Waals surface area contributed by atoms with Crippen LogP contribution in [0, 0.1) is 5.41 Å². The number of aliphatic imine (C=N–C) groups is 1. The molecule has 0 radical (unpaired) electrons. The molecule has 1 spiro atoms. The van der Waals surface area contributed by atoms with E-state index in [1.807, 2.05) is 0 Å². The second-order valence-corrected chi connectivity index (χ2v) is 7.16. The number of nitrogens with one attached hydrogen (secondary N) is 1. The molecule has 1 saturated carbocycles. The molecule has 20 heavy (non-hydrogen) atoms. The Morgan fingerprint density at radius 2 is 2.25 bits per heavy atom. The normalized spacial score (nSPS) is 21.9. The lowest BCUT2D eigenvalue weighted by atomic mass is 9.86. The Kier molecular flexibility index (Phi) is 4.29. The highest BCUT2D eigenvalue weighted by Gasteiger charge is 2.41. The van der Waals surface area contributed by atoms with Crippen LogP contribution in [-0.4, -0.2) is 30.5 Å². The minimum Gasteiger partial charge on any atom is -0.357 e. The molecule has 0 aromatic carbocycles. The molecule has 3 nitrogen and oxygen atoms in total. The van der Waals surface area contributed by atoms with E-state index >= 15 is 0 Å². The van der Waals surface area contributed by atoms with Gasteiger partial charge in [-0.05, 0) is 43.0 Å². The van der Waals surface area contributed by atoms with Crippen molar-refractivity contribution in [3.8, 4) is 0 Å². The Bertz CT molecular complexity index is 446. The Hall–Kier alpha value is -1.03. The molecule has 0 bridgehead atoms.